The van der Waals surface area contributed by atoms with Gasteiger partial charge in [-0.05, 0) is 38.4 Å². The average molecular weight is 205 g/mol. The summed E-state index contributed by atoms with van der Waals surface area (Å²) in [5, 5.41) is 3.26. The molecular weight excluding hydrogens is 186 g/mol. The summed E-state index contributed by atoms with van der Waals surface area (Å²) in [5.41, 5.74) is 2.57. The van der Waals surface area contributed by atoms with Crippen LogP contribution in [0.5, 0.6) is 0 Å². The summed E-state index contributed by atoms with van der Waals surface area (Å²) in [5.74, 6) is 0.254. The van der Waals surface area contributed by atoms with Crippen molar-refractivity contribution in [2.24, 2.45) is 0 Å². The highest BCUT2D eigenvalue weighted by molar-refractivity contribution is 5.75. The zero-order chi connectivity index (χ0) is 11.3. The van der Waals surface area contributed by atoms with Crippen molar-refractivity contribution in [3.8, 4) is 0 Å². The first-order valence-corrected chi connectivity index (χ1v) is 5.37. The minimum Gasteiger partial charge on any atom is -0.313 e. The molecule has 0 amide bonds. The van der Waals surface area contributed by atoms with Gasteiger partial charge < -0.3 is 10.1 Å². The largest absolute Gasteiger partial charge is 0.313 e. The van der Waals surface area contributed by atoms with E-state index in [1.807, 2.05) is 19.2 Å². The van der Waals surface area contributed by atoms with Crippen LogP contribution in [0.3, 0.4) is 0 Å². The SMILES string of the molecule is CNC(CCC(C)=O)c1ccccc1C. The molecular formula is C13H19NO. The van der Waals surface area contributed by atoms with Crippen LogP contribution in [0.1, 0.15) is 36.9 Å². The number of nitrogens with one attached hydrogen (secondary N) is 1. The molecule has 0 saturated carbocycles. The second-order valence-electron chi connectivity index (χ2n) is 3.94. The Morgan fingerprint density at radius 1 is 1.40 bits per heavy atom. The van der Waals surface area contributed by atoms with E-state index in [1.165, 1.54) is 11.1 Å². The molecule has 1 unspecified atom stereocenters. The molecule has 0 saturated heterocycles. The van der Waals surface area contributed by atoms with Crippen LogP contribution in [0.15, 0.2) is 24.3 Å². The van der Waals surface area contributed by atoms with Crippen molar-refractivity contribution in [3.63, 3.8) is 0 Å². The maximum Gasteiger partial charge on any atom is 0.129 e. The summed E-state index contributed by atoms with van der Waals surface area (Å²) >= 11 is 0. The summed E-state index contributed by atoms with van der Waals surface area (Å²) in [6, 6.07) is 8.59. The van der Waals surface area contributed by atoms with E-state index in [-0.39, 0.29) is 11.8 Å². The zero-order valence-corrected chi connectivity index (χ0v) is 9.71. The lowest BCUT2D eigenvalue weighted by Gasteiger charge is -2.18. The van der Waals surface area contributed by atoms with Gasteiger partial charge in [-0.1, -0.05) is 24.3 Å². The second-order valence-corrected chi connectivity index (χ2v) is 3.94. The van der Waals surface area contributed by atoms with Crippen LogP contribution in [0.4, 0.5) is 0 Å². The van der Waals surface area contributed by atoms with Crippen molar-refractivity contribution in [3.05, 3.63) is 35.4 Å². The van der Waals surface area contributed by atoms with E-state index in [4.69, 9.17) is 0 Å². The van der Waals surface area contributed by atoms with Crippen molar-refractivity contribution in [2.45, 2.75) is 32.7 Å². The number of benzene rings is 1. The predicted octanol–water partition coefficient (Wildman–Crippen LogP) is 2.62. The third kappa shape index (κ3) is 3.48. The smallest absolute Gasteiger partial charge is 0.129 e. The van der Waals surface area contributed by atoms with E-state index in [0.29, 0.717) is 6.42 Å². The predicted molar refractivity (Wildman–Crippen MR) is 62.9 cm³/mol. The van der Waals surface area contributed by atoms with Crippen LogP contribution in [0, 0.1) is 6.92 Å². The van der Waals surface area contributed by atoms with Crippen LogP contribution in [0.2, 0.25) is 0 Å². The Balaban J connectivity index is 2.74. The summed E-state index contributed by atoms with van der Waals surface area (Å²) in [6.07, 6.45) is 1.51. The quantitative estimate of drug-likeness (QED) is 0.800. The van der Waals surface area contributed by atoms with E-state index in [0.717, 1.165) is 6.42 Å². The lowest BCUT2D eigenvalue weighted by Crippen LogP contribution is -2.18. The molecule has 15 heavy (non-hydrogen) atoms. The Morgan fingerprint density at radius 3 is 2.60 bits per heavy atom. The topological polar surface area (TPSA) is 29.1 Å². The van der Waals surface area contributed by atoms with Crippen LogP contribution in [-0.2, 0) is 4.79 Å². The third-order valence-corrected chi connectivity index (χ3v) is 2.70. The molecule has 2 nitrogen and oxygen atoms in total. The molecule has 0 heterocycles. The number of aryl methyl sites for hydroxylation is 1. The highest BCUT2D eigenvalue weighted by atomic mass is 16.1. The Labute approximate surface area is 91.7 Å². The van der Waals surface area contributed by atoms with E-state index in [9.17, 15) is 4.79 Å². The van der Waals surface area contributed by atoms with Gasteiger partial charge in [-0.2, -0.15) is 0 Å². The lowest BCUT2D eigenvalue weighted by molar-refractivity contribution is -0.117. The molecule has 0 bridgehead atoms. The van der Waals surface area contributed by atoms with Gasteiger partial charge in [0.2, 0.25) is 0 Å². The molecule has 0 aromatic heterocycles. The first-order valence-electron chi connectivity index (χ1n) is 5.37. The average Bonchev–Trinajstić information content (AvgIpc) is 2.21. The Hall–Kier alpha value is -1.15. The Morgan fingerprint density at radius 2 is 2.07 bits per heavy atom. The first kappa shape index (κ1) is 11.9. The summed E-state index contributed by atoms with van der Waals surface area (Å²) in [7, 11) is 1.94. The fourth-order valence-electron chi connectivity index (χ4n) is 1.78. The van der Waals surface area contributed by atoms with Gasteiger partial charge in [-0.25, -0.2) is 0 Å². The molecule has 1 rings (SSSR count). The van der Waals surface area contributed by atoms with Gasteiger partial charge in [-0.3, -0.25) is 0 Å². The van der Waals surface area contributed by atoms with Crippen LogP contribution >= 0.6 is 0 Å². The molecule has 1 atom stereocenters. The van der Waals surface area contributed by atoms with Crippen LogP contribution in [-0.4, -0.2) is 12.8 Å². The van der Waals surface area contributed by atoms with E-state index in [2.05, 4.69) is 24.4 Å². The molecule has 0 spiro atoms. The van der Waals surface area contributed by atoms with Gasteiger partial charge in [-0.15, -0.1) is 0 Å². The zero-order valence-electron chi connectivity index (χ0n) is 9.71. The van der Waals surface area contributed by atoms with Gasteiger partial charge in [0.15, 0.2) is 0 Å². The molecule has 1 aromatic carbocycles. The fraction of sp³-hybridized carbons (Fsp3) is 0.462. The lowest BCUT2D eigenvalue weighted by atomic mass is 9.97. The van der Waals surface area contributed by atoms with E-state index in [1.54, 1.807) is 6.92 Å². The van der Waals surface area contributed by atoms with E-state index < -0.39 is 0 Å². The molecule has 0 aliphatic heterocycles. The normalized spacial score (nSPS) is 12.5. The number of carbonyl (C=O) groups is 1. The van der Waals surface area contributed by atoms with E-state index >= 15 is 0 Å². The number of hydrogen-bond donors (Lipinski definition) is 1. The Kier molecular flexibility index (Phi) is 4.50. The molecule has 1 N–H and O–H groups in total. The summed E-state index contributed by atoms with van der Waals surface area (Å²) in [6.45, 7) is 3.75. The first-order chi connectivity index (χ1) is 7.15. The monoisotopic (exact) mass is 205 g/mol. The molecule has 0 aliphatic rings. The fourth-order valence-corrected chi connectivity index (χ4v) is 1.78. The number of hydrogen-bond acceptors (Lipinski definition) is 2. The van der Waals surface area contributed by atoms with Gasteiger partial charge in [0.25, 0.3) is 0 Å². The highest BCUT2D eigenvalue weighted by Gasteiger charge is 2.11. The number of rotatable bonds is 5. The third-order valence-electron chi connectivity index (χ3n) is 2.70. The Bertz CT molecular complexity index is 333. The van der Waals surface area contributed by atoms with Crippen LogP contribution in [0.25, 0.3) is 0 Å². The standard InChI is InChI=1S/C13H19NO/c1-10-6-4-5-7-12(10)13(14-3)9-8-11(2)15/h4-7,13-14H,8-9H2,1-3H3. The van der Waals surface area contributed by atoms with Crippen LogP contribution < -0.4 is 5.32 Å². The van der Waals surface area contributed by atoms with Crippen molar-refractivity contribution >= 4 is 5.78 Å². The highest BCUT2D eigenvalue weighted by Crippen LogP contribution is 2.21. The number of Topliss-reactive ketones (excluding diaryl/α,β-unsaturated/α-hetero) is 1. The van der Waals surface area contributed by atoms with Gasteiger partial charge in [0.1, 0.15) is 5.78 Å². The maximum absolute atomic E-state index is 11.0. The molecule has 0 radical (unpaired) electrons. The minimum absolute atomic E-state index is 0.254. The molecule has 1 aromatic rings. The van der Waals surface area contributed by atoms with Crippen molar-refractivity contribution < 1.29 is 4.79 Å². The molecule has 2 heteroatoms. The van der Waals surface area contributed by atoms with Crippen molar-refractivity contribution in [2.75, 3.05) is 7.05 Å². The number of carbonyl (C=O) groups excluding carboxylic acids is 1. The summed E-state index contributed by atoms with van der Waals surface area (Å²) in [4.78, 5) is 11.0. The molecule has 82 valence electrons. The molecule has 0 fully saturated rings. The minimum atomic E-state index is 0.254. The van der Waals surface area contributed by atoms with Gasteiger partial charge in [0.05, 0.1) is 0 Å². The maximum atomic E-state index is 11.0. The summed E-state index contributed by atoms with van der Waals surface area (Å²) < 4.78 is 0. The van der Waals surface area contributed by atoms with Gasteiger partial charge >= 0.3 is 0 Å². The van der Waals surface area contributed by atoms with Crippen molar-refractivity contribution in [1.82, 2.24) is 5.32 Å². The van der Waals surface area contributed by atoms with Crippen molar-refractivity contribution in [1.29, 1.82) is 0 Å². The second kappa shape index (κ2) is 5.66. The number of ketones is 1. The molecule has 0 aliphatic carbocycles. The van der Waals surface area contributed by atoms with Gasteiger partial charge in [0, 0.05) is 12.5 Å².